The first-order valence-electron chi connectivity index (χ1n) is 7.36. The molecule has 3 nitrogen and oxygen atoms in total. The van der Waals surface area contributed by atoms with E-state index in [1.807, 2.05) is 6.07 Å². The van der Waals surface area contributed by atoms with Crippen LogP contribution in [-0.2, 0) is 0 Å². The second-order valence-corrected chi connectivity index (χ2v) is 6.34. The fraction of sp³-hybridized carbons (Fsp3) is 0.647. The van der Waals surface area contributed by atoms with Crippen molar-refractivity contribution in [3.8, 4) is 11.5 Å². The standard InChI is InChI=1S/C17H29NO2/c1-7-14(18-11-10-17(2,3)4)13-8-9-15(19-5)16(12-13)20-6/h8-9,12,14,18H,7,10-11H2,1-6H3. The van der Waals surface area contributed by atoms with E-state index in [4.69, 9.17) is 9.47 Å². The molecular formula is C17H29NO2. The Kier molecular flexibility index (Phi) is 6.34. The van der Waals surface area contributed by atoms with Crippen molar-refractivity contribution in [3.05, 3.63) is 23.8 Å². The Labute approximate surface area is 123 Å². The second-order valence-electron chi connectivity index (χ2n) is 6.34. The number of benzene rings is 1. The Morgan fingerprint density at radius 1 is 1.10 bits per heavy atom. The molecule has 0 saturated carbocycles. The molecule has 1 atom stereocenters. The summed E-state index contributed by atoms with van der Waals surface area (Å²) >= 11 is 0. The Morgan fingerprint density at radius 2 is 1.75 bits per heavy atom. The molecule has 20 heavy (non-hydrogen) atoms. The topological polar surface area (TPSA) is 30.5 Å². The van der Waals surface area contributed by atoms with Crippen LogP contribution in [0.2, 0.25) is 0 Å². The molecule has 1 aromatic rings. The van der Waals surface area contributed by atoms with E-state index in [-0.39, 0.29) is 0 Å². The van der Waals surface area contributed by atoms with Crippen molar-refractivity contribution in [3.63, 3.8) is 0 Å². The third-order valence-corrected chi connectivity index (χ3v) is 3.48. The first kappa shape index (κ1) is 16.8. The van der Waals surface area contributed by atoms with Gasteiger partial charge in [0.15, 0.2) is 11.5 Å². The van der Waals surface area contributed by atoms with Gasteiger partial charge in [-0.2, -0.15) is 0 Å². The zero-order chi connectivity index (χ0) is 15.2. The summed E-state index contributed by atoms with van der Waals surface area (Å²) in [5.41, 5.74) is 1.61. The van der Waals surface area contributed by atoms with Gasteiger partial charge in [0, 0.05) is 6.04 Å². The lowest BCUT2D eigenvalue weighted by atomic mass is 9.92. The first-order chi connectivity index (χ1) is 9.41. The second kappa shape index (κ2) is 7.53. The average molecular weight is 279 g/mol. The van der Waals surface area contributed by atoms with E-state index in [9.17, 15) is 0 Å². The van der Waals surface area contributed by atoms with E-state index in [2.05, 4.69) is 45.1 Å². The van der Waals surface area contributed by atoms with Crippen molar-refractivity contribution in [1.82, 2.24) is 5.32 Å². The van der Waals surface area contributed by atoms with Crippen molar-refractivity contribution in [1.29, 1.82) is 0 Å². The van der Waals surface area contributed by atoms with Gasteiger partial charge in [-0.05, 0) is 42.5 Å². The molecule has 0 fully saturated rings. The molecule has 0 amide bonds. The number of ether oxygens (including phenoxy) is 2. The maximum Gasteiger partial charge on any atom is 0.161 e. The van der Waals surface area contributed by atoms with Gasteiger partial charge in [0.25, 0.3) is 0 Å². The van der Waals surface area contributed by atoms with Crippen molar-refractivity contribution < 1.29 is 9.47 Å². The molecule has 0 aliphatic carbocycles. The summed E-state index contributed by atoms with van der Waals surface area (Å²) < 4.78 is 10.7. The van der Waals surface area contributed by atoms with Crippen molar-refractivity contribution in [2.24, 2.45) is 5.41 Å². The zero-order valence-electron chi connectivity index (χ0n) is 13.7. The molecule has 1 rings (SSSR count). The fourth-order valence-electron chi connectivity index (χ4n) is 2.19. The summed E-state index contributed by atoms with van der Waals surface area (Å²) in [6.07, 6.45) is 2.22. The molecule has 114 valence electrons. The number of nitrogens with one attached hydrogen (secondary N) is 1. The smallest absolute Gasteiger partial charge is 0.161 e. The van der Waals surface area contributed by atoms with Crippen LogP contribution in [0.3, 0.4) is 0 Å². The van der Waals surface area contributed by atoms with E-state index >= 15 is 0 Å². The molecule has 1 aromatic carbocycles. The van der Waals surface area contributed by atoms with Crippen molar-refractivity contribution in [2.45, 2.75) is 46.6 Å². The highest BCUT2D eigenvalue weighted by Gasteiger charge is 2.14. The van der Waals surface area contributed by atoms with Crippen molar-refractivity contribution in [2.75, 3.05) is 20.8 Å². The molecule has 0 aliphatic rings. The normalized spacial score (nSPS) is 13.1. The van der Waals surface area contributed by atoms with E-state index in [0.717, 1.165) is 30.9 Å². The number of methoxy groups -OCH3 is 2. The van der Waals surface area contributed by atoms with Gasteiger partial charge >= 0.3 is 0 Å². The van der Waals surface area contributed by atoms with Crippen LogP contribution in [0.25, 0.3) is 0 Å². The molecule has 1 unspecified atom stereocenters. The predicted molar refractivity (Wildman–Crippen MR) is 84.7 cm³/mol. The lowest BCUT2D eigenvalue weighted by Crippen LogP contribution is -2.25. The number of hydrogen-bond donors (Lipinski definition) is 1. The van der Waals surface area contributed by atoms with E-state index in [1.54, 1.807) is 14.2 Å². The highest BCUT2D eigenvalue weighted by atomic mass is 16.5. The molecular weight excluding hydrogens is 250 g/mol. The van der Waals surface area contributed by atoms with Gasteiger partial charge in [0.2, 0.25) is 0 Å². The monoisotopic (exact) mass is 279 g/mol. The Bertz CT molecular complexity index is 410. The maximum atomic E-state index is 5.38. The van der Waals surface area contributed by atoms with Crippen LogP contribution in [0, 0.1) is 5.41 Å². The third kappa shape index (κ3) is 5.04. The van der Waals surface area contributed by atoms with Crippen LogP contribution in [0.1, 0.15) is 52.1 Å². The van der Waals surface area contributed by atoms with Gasteiger partial charge in [0.05, 0.1) is 14.2 Å². The van der Waals surface area contributed by atoms with E-state index in [0.29, 0.717) is 11.5 Å². The minimum Gasteiger partial charge on any atom is -0.493 e. The molecule has 0 heterocycles. The van der Waals surface area contributed by atoms with Crippen molar-refractivity contribution >= 4 is 0 Å². The summed E-state index contributed by atoms with van der Waals surface area (Å²) in [4.78, 5) is 0. The van der Waals surface area contributed by atoms with E-state index in [1.165, 1.54) is 5.56 Å². The highest BCUT2D eigenvalue weighted by Crippen LogP contribution is 2.31. The average Bonchev–Trinajstić information content (AvgIpc) is 2.41. The summed E-state index contributed by atoms with van der Waals surface area (Å²) in [5.74, 6) is 1.57. The van der Waals surface area contributed by atoms with Gasteiger partial charge in [-0.3, -0.25) is 0 Å². The lowest BCUT2D eigenvalue weighted by molar-refractivity contribution is 0.347. The molecule has 0 radical (unpaired) electrons. The van der Waals surface area contributed by atoms with E-state index < -0.39 is 0 Å². The van der Waals surface area contributed by atoms with Crippen LogP contribution in [0.15, 0.2) is 18.2 Å². The molecule has 0 aromatic heterocycles. The number of rotatable bonds is 7. The molecule has 0 spiro atoms. The summed E-state index contributed by atoms with van der Waals surface area (Å²) in [7, 11) is 3.34. The number of hydrogen-bond acceptors (Lipinski definition) is 3. The Morgan fingerprint density at radius 3 is 2.25 bits per heavy atom. The molecule has 0 saturated heterocycles. The Balaban J connectivity index is 2.74. The highest BCUT2D eigenvalue weighted by molar-refractivity contribution is 5.43. The van der Waals surface area contributed by atoms with Gasteiger partial charge in [-0.25, -0.2) is 0 Å². The van der Waals surface area contributed by atoms with Gasteiger partial charge < -0.3 is 14.8 Å². The van der Waals surface area contributed by atoms with Crippen LogP contribution in [0.4, 0.5) is 0 Å². The molecule has 0 bridgehead atoms. The predicted octanol–water partition coefficient (Wildman–Crippen LogP) is 4.18. The lowest BCUT2D eigenvalue weighted by Gasteiger charge is -2.23. The third-order valence-electron chi connectivity index (χ3n) is 3.48. The molecule has 3 heteroatoms. The van der Waals surface area contributed by atoms with Crippen LogP contribution in [0.5, 0.6) is 11.5 Å². The van der Waals surface area contributed by atoms with Crippen LogP contribution in [-0.4, -0.2) is 20.8 Å². The van der Waals surface area contributed by atoms with Crippen LogP contribution >= 0.6 is 0 Å². The minimum atomic E-state index is 0.358. The van der Waals surface area contributed by atoms with Gasteiger partial charge in [-0.1, -0.05) is 33.8 Å². The molecule has 1 N–H and O–H groups in total. The summed E-state index contributed by atoms with van der Waals surface area (Å²) in [6.45, 7) is 10.0. The summed E-state index contributed by atoms with van der Waals surface area (Å²) in [5, 5.41) is 3.63. The zero-order valence-corrected chi connectivity index (χ0v) is 13.7. The minimum absolute atomic E-state index is 0.358. The first-order valence-corrected chi connectivity index (χ1v) is 7.36. The largest absolute Gasteiger partial charge is 0.493 e. The summed E-state index contributed by atoms with van der Waals surface area (Å²) in [6, 6.07) is 6.51. The Hall–Kier alpha value is -1.22. The quantitative estimate of drug-likeness (QED) is 0.812. The maximum absolute atomic E-state index is 5.38. The van der Waals surface area contributed by atoms with Gasteiger partial charge in [0.1, 0.15) is 0 Å². The van der Waals surface area contributed by atoms with Gasteiger partial charge in [-0.15, -0.1) is 0 Å². The van der Waals surface area contributed by atoms with Crippen LogP contribution < -0.4 is 14.8 Å². The fourth-order valence-corrected chi connectivity index (χ4v) is 2.19. The SMILES string of the molecule is CCC(NCCC(C)(C)C)c1ccc(OC)c(OC)c1. The molecule has 0 aliphatic heterocycles.